The summed E-state index contributed by atoms with van der Waals surface area (Å²) in [4.78, 5) is 14.3. The molecule has 1 heterocycles. The molecule has 0 aromatic rings. The molecule has 1 saturated heterocycles. The van der Waals surface area contributed by atoms with Crippen LogP contribution >= 0.6 is 0 Å². The summed E-state index contributed by atoms with van der Waals surface area (Å²) in [5, 5.41) is 3.12. The van der Waals surface area contributed by atoms with Gasteiger partial charge in [0.15, 0.2) is 0 Å². The molecule has 5 rings (SSSR count). The van der Waals surface area contributed by atoms with Crippen LogP contribution in [0.4, 0.5) is 13.2 Å². The first-order valence-corrected chi connectivity index (χ1v) is 9.39. The minimum Gasteiger partial charge on any atom is -0.355 e. The highest BCUT2D eigenvalue weighted by atomic mass is 19.4. The van der Waals surface area contributed by atoms with Crippen LogP contribution in [0.15, 0.2) is 0 Å². The normalized spacial score (nSPS) is 41.8. The van der Waals surface area contributed by atoms with Crippen LogP contribution in [0.2, 0.25) is 0 Å². The third kappa shape index (κ3) is 3.31. The zero-order chi connectivity index (χ0) is 16.9. The largest absolute Gasteiger partial charge is 0.401 e. The van der Waals surface area contributed by atoms with E-state index in [2.05, 4.69) is 5.32 Å². The van der Waals surface area contributed by atoms with Gasteiger partial charge in [0.2, 0.25) is 5.91 Å². The maximum atomic E-state index is 12.9. The van der Waals surface area contributed by atoms with Crippen molar-refractivity contribution in [3.8, 4) is 0 Å². The van der Waals surface area contributed by atoms with Crippen molar-refractivity contribution in [2.75, 3.05) is 26.2 Å². The Hall–Kier alpha value is -0.780. The van der Waals surface area contributed by atoms with Crippen molar-refractivity contribution >= 4 is 5.91 Å². The Bertz CT molecular complexity index is 470. The van der Waals surface area contributed by atoms with Gasteiger partial charge in [0, 0.05) is 18.5 Å². The van der Waals surface area contributed by atoms with Gasteiger partial charge in [-0.1, -0.05) is 0 Å². The van der Waals surface area contributed by atoms with Crippen LogP contribution in [0.3, 0.4) is 0 Å². The van der Waals surface area contributed by atoms with Crippen molar-refractivity contribution in [2.24, 2.45) is 29.1 Å². The highest BCUT2D eigenvalue weighted by Gasteiger charge is 2.54. The Labute approximate surface area is 141 Å². The molecule has 0 radical (unpaired) electrons. The zero-order valence-electron chi connectivity index (χ0n) is 14.1. The molecule has 1 aliphatic heterocycles. The first-order valence-electron chi connectivity index (χ1n) is 9.39. The standard InChI is InChI=1S/C18H27F3N2O/c19-18(20,21)11-23-2-1-12(10-23)9-22-16(24)17-6-13-3-14(7-17)5-15(4-13)8-17/h12-15H,1-11H2,(H,22,24). The van der Waals surface area contributed by atoms with E-state index in [0.29, 0.717) is 19.6 Å². The van der Waals surface area contributed by atoms with Crippen molar-refractivity contribution in [3.05, 3.63) is 0 Å². The highest BCUT2D eigenvalue weighted by Crippen LogP contribution is 2.60. The van der Waals surface area contributed by atoms with Gasteiger partial charge in [0.25, 0.3) is 0 Å². The Morgan fingerprint density at radius 3 is 2.21 bits per heavy atom. The number of carbonyl (C=O) groups excluding carboxylic acids is 1. The fourth-order valence-corrected chi connectivity index (χ4v) is 6.29. The molecule has 5 aliphatic rings. The van der Waals surface area contributed by atoms with Gasteiger partial charge < -0.3 is 5.32 Å². The first kappa shape index (κ1) is 16.7. The minimum absolute atomic E-state index is 0.154. The summed E-state index contributed by atoms with van der Waals surface area (Å²) in [7, 11) is 0. The lowest BCUT2D eigenvalue weighted by Crippen LogP contribution is -2.54. The summed E-state index contributed by atoms with van der Waals surface area (Å²) in [5.41, 5.74) is -0.154. The highest BCUT2D eigenvalue weighted by molar-refractivity contribution is 5.83. The second-order valence-corrected chi connectivity index (χ2v) is 8.91. The molecule has 0 aromatic heterocycles. The Balaban J connectivity index is 1.29. The van der Waals surface area contributed by atoms with Crippen molar-refractivity contribution in [3.63, 3.8) is 0 Å². The fourth-order valence-electron chi connectivity index (χ4n) is 6.29. The Morgan fingerprint density at radius 2 is 1.67 bits per heavy atom. The average molecular weight is 344 g/mol. The van der Waals surface area contributed by atoms with Crippen LogP contribution in [0, 0.1) is 29.1 Å². The van der Waals surface area contributed by atoms with Crippen LogP contribution in [0.25, 0.3) is 0 Å². The Kier molecular flexibility index (Phi) is 4.09. The fraction of sp³-hybridized carbons (Fsp3) is 0.944. The summed E-state index contributed by atoms with van der Waals surface area (Å²) < 4.78 is 37.4. The number of nitrogens with one attached hydrogen (secondary N) is 1. The lowest BCUT2D eigenvalue weighted by Gasteiger charge is -2.55. The number of hydrogen-bond donors (Lipinski definition) is 1. The second-order valence-electron chi connectivity index (χ2n) is 8.91. The molecule has 4 aliphatic carbocycles. The van der Waals surface area contributed by atoms with E-state index in [1.807, 2.05) is 0 Å². The van der Waals surface area contributed by atoms with Crippen LogP contribution in [-0.2, 0) is 4.79 Å². The molecule has 1 atom stereocenters. The van der Waals surface area contributed by atoms with Gasteiger partial charge in [-0.3, -0.25) is 9.69 Å². The molecule has 5 fully saturated rings. The molecule has 1 unspecified atom stereocenters. The third-order valence-electron chi connectivity index (χ3n) is 6.84. The van der Waals surface area contributed by atoms with E-state index < -0.39 is 12.7 Å². The van der Waals surface area contributed by atoms with E-state index in [4.69, 9.17) is 0 Å². The summed E-state index contributed by atoms with van der Waals surface area (Å²) in [6.45, 7) is 0.638. The number of carbonyl (C=O) groups is 1. The van der Waals surface area contributed by atoms with Crippen LogP contribution in [-0.4, -0.2) is 43.2 Å². The topological polar surface area (TPSA) is 32.3 Å². The lowest BCUT2D eigenvalue weighted by molar-refractivity contribution is -0.147. The van der Waals surface area contributed by atoms with E-state index in [9.17, 15) is 18.0 Å². The number of nitrogens with zero attached hydrogens (tertiary/aromatic N) is 1. The minimum atomic E-state index is -4.13. The molecular formula is C18H27F3N2O. The molecule has 6 heteroatoms. The molecule has 1 amide bonds. The number of likely N-dealkylation sites (tertiary alicyclic amines) is 1. The number of alkyl halides is 3. The molecule has 0 spiro atoms. The van der Waals surface area contributed by atoms with E-state index in [0.717, 1.165) is 43.4 Å². The lowest BCUT2D eigenvalue weighted by atomic mass is 9.49. The van der Waals surface area contributed by atoms with Crippen molar-refractivity contribution in [1.29, 1.82) is 0 Å². The van der Waals surface area contributed by atoms with Crippen LogP contribution in [0.1, 0.15) is 44.9 Å². The summed E-state index contributed by atoms with van der Waals surface area (Å²) in [6, 6.07) is 0. The molecule has 4 bridgehead atoms. The van der Waals surface area contributed by atoms with Gasteiger partial charge in [-0.05, 0) is 75.2 Å². The zero-order valence-corrected chi connectivity index (χ0v) is 14.1. The summed E-state index contributed by atoms with van der Waals surface area (Å²) in [6.07, 6.45) is 3.65. The van der Waals surface area contributed by atoms with Gasteiger partial charge in [0.1, 0.15) is 0 Å². The van der Waals surface area contributed by atoms with E-state index in [-0.39, 0.29) is 17.2 Å². The van der Waals surface area contributed by atoms with Crippen molar-refractivity contribution in [2.45, 2.75) is 51.1 Å². The van der Waals surface area contributed by atoms with Gasteiger partial charge in [-0.2, -0.15) is 13.2 Å². The summed E-state index contributed by atoms with van der Waals surface area (Å²) in [5.74, 6) is 2.54. The SMILES string of the molecule is O=C(NCC1CCN(CC(F)(F)F)C1)C12CC3CC(CC(C3)C1)C2. The number of hydrogen-bond acceptors (Lipinski definition) is 2. The number of halogens is 3. The number of rotatable bonds is 4. The molecule has 0 aromatic carbocycles. The van der Waals surface area contributed by atoms with E-state index in [1.54, 1.807) is 0 Å². The predicted molar refractivity (Wildman–Crippen MR) is 84.2 cm³/mol. The summed E-state index contributed by atoms with van der Waals surface area (Å²) >= 11 is 0. The molecule has 24 heavy (non-hydrogen) atoms. The maximum Gasteiger partial charge on any atom is 0.401 e. The third-order valence-corrected chi connectivity index (χ3v) is 6.84. The Morgan fingerprint density at radius 1 is 1.08 bits per heavy atom. The molecule has 3 nitrogen and oxygen atoms in total. The maximum absolute atomic E-state index is 12.9. The average Bonchev–Trinajstić information content (AvgIpc) is 2.88. The smallest absolute Gasteiger partial charge is 0.355 e. The van der Waals surface area contributed by atoms with Crippen molar-refractivity contribution in [1.82, 2.24) is 10.2 Å². The van der Waals surface area contributed by atoms with Gasteiger partial charge in [-0.25, -0.2) is 0 Å². The van der Waals surface area contributed by atoms with Gasteiger partial charge in [0.05, 0.1) is 6.54 Å². The first-order chi connectivity index (χ1) is 11.3. The second kappa shape index (κ2) is 5.89. The van der Waals surface area contributed by atoms with Crippen LogP contribution in [0.5, 0.6) is 0 Å². The monoisotopic (exact) mass is 344 g/mol. The predicted octanol–water partition coefficient (Wildman–Crippen LogP) is 3.20. The van der Waals surface area contributed by atoms with Crippen LogP contribution < -0.4 is 5.32 Å². The molecule has 4 saturated carbocycles. The van der Waals surface area contributed by atoms with E-state index in [1.165, 1.54) is 24.2 Å². The molecular weight excluding hydrogens is 317 g/mol. The van der Waals surface area contributed by atoms with E-state index >= 15 is 0 Å². The van der Waals surface area contributed by atoms with Gasteiger partial charge in [-0.15, -0.1) is 0 Å². The number of amides is 1. The quantitative estimate of drug-likeness (QED) is 0.849. The molecule has 136 valence electrons. The van der Waals surface area contributed by atoms with Gasteiger partial charge >= 0.3 is 6.18 Å². The van der Waals surface area contributed by atoms with Crippen molar-refractivity contribution < 1.29 is 18.0 Å². The molecule has 1 N–H and O–H groups in total.